The Kier molecular flexibility index (Phi) is 5.08. The lowest BCUT2D eigenvalue weighted by Crippen LogP contribution is -2.24. The Morgan fingerprint density at radius 1 is 1.32 bits per heavy atom. The molecule has 3 nitrogen and oxygen atoms in total. The number of benzene rings is 1. The van der Waals surface area contributed by atoms with Crippen LogP contribution in [0, 0.1) is 5.92 Å². The smallest absolute Gasteiger partial charge is 0.141 e. The first-order chi connectivity index (χ1) is 9.22. The van der Waals surface area contributed by atoms with Crippen molar-refractivity contribution in [2.24, 2.45) is 5.92 Å². The molecule has 1 aromatic carbocycles. The molecular weight excluding hydrogens is 236 g/mol. The second kappa shape index (κ2) is 6.80. The monoisotopic (exact) mass is 262 g/mol. The van der Waals surface area contributed by atoms with Gasteiger partial charge in [0.05, 0.1) is 12.8 Å². The quantitative estimate of drug-likeness (QED) is 0.846. The first-order valence-corrected chi connectivity index (χ1v) is 7.37. The molecule has 1 fully saturated rings. The van der Waals surface area contributed by atoms with Crippen LogP contribution >= 0.6 is 0 Å². The maximum absolute atomic E-state index is 5.97. The van der Waals surface area contributed by atoms with Gasteiger partial charge in [-0.25, -0.2) is 0 Å². The van der Waals surface area contributed by atoms with E-state index in [-0.39, 0.29) is 0 Å². The molecule has 3 heteroatoms. The van der Waals surface area contributed by atoms with Crippen molar-refractivity contribution in [2.75, 3.05) is 25.9 Å². The Morgan fingerprint density at radius 2 is 2.16 bits per heavy atom. The summed E-state index contributed by atoms with van der Waals surface area (Å²) >= 11 is 0. The normalized spacial score (nSPS) is 21.1. The highest BCUT2D eigenvalue weighted by atomic mass is 16.5. The highest BCUT2D eigenvalue weighted by Crippen LogP contribution is 2.24. The zero-order valence-electron chi connectivity index (χ0n) is 12.2. The highest BCUT2D eigenvalue weighted by Gasteiger charge is 2.16. The van der Waals surface area contributed by atoms with E-state index in [4.69, 9.17) is 10.5 Å². The number of likely N-dealkylation sites (tertiary alicyclic amines) is 1. The Bertz CT molecular complexity index is 406. The number of anilines is 1. The van der Waals surface area contributed by atoms with Crippen molar-refractivity contribution < 1.29 is 4.74 Å². The van der Waals surface area contributed by atoms with Crippen molar-refractivity contribution >= 4 is 5.69 Å². The van der Waals surface area contributed by atoms with Crippen LogP contribution in [0.4, 0.5) is 5.69 Å². The number of nitrogen functional groups attached to an aromatic ring is 1. The first kappa shape index (κ1) is 14.2. The van der Waals surface area contributed by atoms with Crippen molar-refractivity contribution in [3.8, 4) is 5.75 Å². The van der Waals surface area contributed by atoms with E-state index in [0.29, 0.717) is 0 Å². The van der Waals surface area contributed by atoms with Crippen molar-refractivity contribution in [1.82, 2.24) is 4.90 Å². The number of methoxy groups -OCH3 is 1. The van der Waals surface area contributed by atoms with Crippen molar-refractivity contribution in [1.29, 1.82) is 0 Å². The van der Waals surface area contributed by atoms with Gasteiger partial charge in [-0.05, 0) is 56.0 Å². The lowest BCUT2D eigenvalue weighted by molar-refractivity contribution is 0.272. The Labute approximate surface area is 116 Å². The molecular formula is C16H26N2O. The van der Waals surface area contributed by atoms with Gasteiger partial charge in [-0.2, -0.15) is 0 Å². The van der Waals surface area contributed by atoms with Crippen molar-refractivity contribution in [2.45, 2.75) is 39.2 Å². The van der Waals surface area contributed by atoms with E-state index < -0.39 is 0 Å². The molecule has 0 saturated carbocycles. The molecule has 0 aliphatic carbocycles. The second-order valence-electron chi connectivity index (χ2n) is 5.56. The van der Waals surface area contributed by atoms with Crippen molar-refractivity contribution in [3.05, 3.63) is 23.8 Å². The summed E-state index contributed by atoms with van der Waals surface area (Å²) in [6.45, 7) is 5.74. The zero-order valence-corrected chi connectivity index (χ0v) is 12.2. The number of rotatable bonds is 4. The maximum Gasteiger partial charge on any atom is 0.141 e. The molecule has 1 heterocycles. The van der Waals surface area contributed by atoms with Crippen LogP contribution in [0.25, 0.3) is 0 Å². The number of nitrogens with two attached hydrogens (primary N) is 1. The molecule has 19 heavy (non-hydrogen) atoms. The predicted molar refractivity (Wildman–Crippen MR) is 80.3 cm³/mol. The van der Waals surface area contributed by atoms with Gasteiger partial charge in [-0.1, -0.05) is 19.4 Å². The van der Waals surface area contributed by atoms with E-state index in [9.17, 15) is 0 Å². The number of hydrogen-bond donors (Lipinski definition) is 1. The van der Waals surface area contributed by atoms with Crippen LogP contribution < -0.4 is 10.5 Å². The Balaban J connectivity index is 1.95. The van der Waals surface area contributed by atoms with E-state index in [1.54, 1.807) is 7.11 Å². The van der Waals surface area contributed by atoms with E-state index in [2.05, 4.69) is 17.9 Å². The fraction of sp³-hybridized carbons (Fsp3) is 0.625. The SMILES string of the molecule is CCC1CCCN(Cc2ccc(OC)c(N)c2)CC1. The van der Waals surface area contributed by atoms with Gasteiger partial charge >= 0.3 is 0 Å². The molecule has 0 aromatic heterocycles. The molecule has 1 unspecified atom stereocenters. The van der Waals surface area contributed by atoms with Crippen LogP contribution in [0.2, 0.25) is 0 Å². The van der Waals surface area contributed by atoms with Gasteiger partial charge in [0.25, 0.3) is 0 Å². The fourth-order valence-corrected chi connectivity index (χ4v) is 2.93. The van der Waals surface area contributed by atoms with Gasteiger partial charge < -0.3 is 10.5 Å². The summed E-state index contributed by atoms with van der Waals surface area (Å²) in [5.74, 6) is 1.69. The summed E-state index contributed by atoms with van der Waals surface area (Å²) in [4.78, 5) is 2.55. The summed E-state index contributed by atoms with van der Waals surface area (Å²) in [6.07, 6.45) is 5.37. The summed E-state index contributed by atoms with van der Waals surface area (Å²) in [7, 11) is 1.66. The second-order valence-corrected chi connectivity index (χ2v) is 5.56. The average Bonchev–Trinajstić information content (AvgIpc) is 2.64. The lowest BCUT2D eigenvalue weighted by Gasteiger charge is -2.20. The average molecular weight is 262 g/mol. The lowest BCUT2D eigenvalue weighted by atomic mass is 9.98. The molecule has 2 rings (SSSR count). The molecule has 1 aliphatic heterocycles. The molecule has 106 valence electrons. The van der Waals surface area contributed by atoms with Crippen LogP contribution in [-0.4, -0.2) is 25.1 Å². The van der Waals surface area contributed by atoms with Crippen LogP contribution in [-0.2, 0) is 6.54 Å². The summed E-state index contributed by atoms with van der Waals surface area (Å²) < 4.78 is 5.20. The Hall–Kier alpha value is -1.22. The topological polar surface area (TPSA) is 38.5 Å². The third-order valence-electron chi connectivity index (χ3n) is 4.22. The maximum atomic E-state index is 5.97. The van der Waals surface area contributed by atoms with E-state index in [1.165, 1.54) is 44.3 Å². The molecule has 1 aliphatic rings. The number of hydrogen-bond acceptors (Lipinski definition) is 3. The van der Waals surface area contributed by atoms with E-state index in [0.717, 1.165) is 23.9 Å². The minimum atomic E-state index is 0.737. The van der Waals surface area contributed by atoms with Gasteiger partial charge in [0.15, 0.2) is 0 Å². The van der Waals surface area contributed by atoms with Gasteiger partial charge in [0.1, 0.15) is 5.75 Å². The van der Waals surface area contributed by atoms with Crippen LogP contribution in [0.1, 0.15) is 38.2 Å². The van der Waals surface area contributed by atoms with E-state index in [1.807, 2.05) is 12.1 Å². The zero-order chi connectivity index (χ0) is 13.7. The van der Waals surface area contributed by atoms with Crippen LogP contribution in [0.15, 0.2) is 18.2 Å². The summed E-state index contributed by atoms with van der Waals surface area (Å²) in [5.41, 5.74) is 7.99. The third-order valence-corrected chi connectivity index (χ3v) is 4.22. The predicted octanol–water partition coefficient (Wildman–Crippen LogP) is 3.29. The molecule has 0 spiro atoms. The standard InChI is InChI=1S/C16H26N2O/c1-3-13-5-4-9-18(10-8-13)12-14-6-7-16(19-2)15(17)11-14/h6-7,11,13H,3-5,8-10,12,17H2,1-2H3. The minimum Gasteiger partial charge on any atom is -0.495 e. The van der Waals surface area contributed by atoms with Crippen LogP contribution in [0.3, 0.4) is 0 Å². The first-order valence-electron chi connectivity index (χ1n) is 7.37. The summed E-state index contributed by atoms with van der Waals surface area (Å²) in [5, 5.41) is 0. The van der Waals surface area contributed by atoms with E-state index >= 15 is 0 Å². The molecule has 2 N–H and O–H groups in total. The molecule has 0 radical (unpaired) electrons. The molecule has 0 bridgehead atoms. The highest BCUT2D eigenvalue weighted by molar-refractivity contribution is 5.54. The van der Waals surface area contributed by atoms with Gasteiger partial charge in [-0.3, -0.25) is 4.90 Å². The molecule has 0 amide bonds. The largest absolute Gasteiger partial charge is 0.495 e. The van der Waals surface area contributed by atoms with Gasteiger partial charge in [0, 0.05) is 6.54 Å². The van der Waals surface area contributed by atoms with Gasteiger partial charge in [-0.15, -0.1) is 0 Å². The van der Waals surface area contributed by atoms with Crippen LogP contribution in [0.5, 0.6) is 5.75 Å². The third kappa shape index (κ3) is 3.87. The Morgan fingerprint density at radius 3 is 2.84 bits per heavy atom. The molecule has 1 aromatic rings. The van der Waals surface area contributed by atoms with Crippen molar-refractivity contribution in [3.63, 3.8) is 0 Å². The molecule has 1 saturated heterocycles. The van der Waals surface area contributed by atoms with Gasteiger partial charge in [0.2, 0.25) is 0 Å². The summed E-state index contributed by atoms with van der Waals surface area (Å²) in [6, 6.07) is 6.13. The number of nitrogens with zero attached hydrogens (tertiary/aromatic N) is 1. The fourth-order valence-electron chi connectivity index (χ4n) is 2.93. The number of ether oxygens (including phenoxy) is 1. The molecule has 1 atom stereocenters. The minimum absolute atomic E-state index is 0.737.